The van der Waals surface area contributed by atoms with Crippen LogP contribution in [0.4, 0.5) is 4.39 Å². The van der Waals surface area contributed by atoms with Gasteiger partial charge in [0.15, 0.2) is 0 Å². The molecule has 1 saturated heterocycles. The van der Waals surface area contributed by atoms with Gasteiger partial charge < -0.3 is 14.0 Å². The zero-order valence-electron chi connectivity index (χ0n) is 17.7. The monoisotopic (exact) mass is 461 g/mol. The van der Waals surface area contributed by atoms with Crippen LogP contribution in [0, 0.1) is 5.82 Å². The number of ether oxygens (including phenoxy) is 2. The number of imidazole rings is 1. The van der Waals surface area contributed by atoms with Crippen molar-refractivity contribution in [3.8, 4) is 0 Å². The number of esters is 1. The van der Waals surface area contributed by atoms with Gasteiger partial charge in [-0.15, -0.1) is 0 Å². The molecular weight excluding hydrogens is 437 g/mol. The van der Waals surface area contributed by atoms with Gasteiger partial charge in [0, 0.05) is 19.6 Å². The third kappa shape index (κ3) is 4.52. The van der Waals surface area contributed by atoms with E-state index in [0.717, 1.165) is 5.52 Å². The lowest BCUT2D eigenvalue weighted by Gasteiger charge is -2.26. The Hall–Kier alpha value is -2.82. The van der Waals surface area contributed by atoms with E-state index in [4.69, 9.17) is 9.47 Å². The van der Waals surface area contributed by atoms with Gasteiger partial charge in [-0.1, -0.05) is 18.2 Å². The fraction of sp³-hybridized carbons (Fsp3) is 0.364. The van der Waals surface area contributed by atoms with Crippen molar-refractivity contribution < 1.29 is 27.1 Å². The molecule has 3 aromatic rings. The predicted octanol–water partition coefficient (Wildman–Crippen LogP) is 2.50. The number of aryl methyl sites for hydroxylation is 1. The Balaban J connectivity index is 1.53. The van der Waals surface area contributed by atoms with Crippen LogP contribution < -0.4 is 0 Å². The molecule has 1 aromatic heterocycles. The molecule has 8 nitrogen and oxygen atoms in total. The van der Waals surface area contributed by atoms with E-state index in [1.54, 1.807) is 24.3 Å². The minimum Gasteiger partial charge on any atom is -0.457 e. The van der Waals surface area contributed by atoms with Crippen molar-refractivity contribution in [1.29, 1.82) is 0 Å². The fourth-order valence-corrected chi connectivity index (χ4v) is 5.14. The molecule has 4 rings (SSSR count). The summed E-state index contributed by atoms with van der Waals surface area (Å²) in [5, 5.41) is 0. The number of fused-ring (bicyclic) bond motifs is 1. The molecule has 0 atom stereocenters. The summed E-state index contributed by atoms with van der Waals surface area (Å²) in [6.45, 7) is 3.75. The minimum absolute atomic E-state index is 0.0959. The molecular formula is C22H24FN3O5S. The number of hydrogen-bond donors (Lipinski definition) is 0. The number of sulfonamides is 1. The van der Waals surface area contributed by atoms with Crippen LogP contribution in [-0.4, -0.2) is 54.5 Å². The fourth-order valence-electron chi connectivity index (χ4n) is 3.71. The van der Waals surface area contributed by atoms with Gasteiger partial charge in [-0.2, -0.15) is 4.31 Å². The average Bonchev–Trinajstić information content (AvgIpc) is 3.16. The quantitative estimate of drug-likeness (QED) is 0.502. The number of benzene rings is 2. The van der Waals surface area contributed by atoms with E-state index < -0.39 is 21.8 Å². The van der Waals surface area contributed by atoms with Crippen LogP contribution >= 0.6 is 0 Å². The molecule has 0 amide bonds. The smallest absolute Gasteiger partial charge is 0.310 e. The molecule has 0 unspecified atom stereocenters. The van der Waals surface area contributed by atoms with E-state index >= 15 is 0 Å². The summed E-state index contributed by atoms with van der Waals surface area (Å²) in [5.74, 6) is -0.537. The Morgan fingerprint density at radius 3 is 2.66 bits per heavy atom. The molecule has 0 aliphatic carbocycles. The predicted molar refractivity (Wildman–Crippen MR) is 115 cm³/mol. The number of nitrogens with zero attached hydrogens (tertiary/aromatic N) is 3. The van der Waals surface area contributed by atoms with Crippen molar-refractivity contribution in [2.24, 2.45) is 0 Å². The highest BCUT2D eigenvalue weighted by atomic mass is 32.2. The highest BCUT2D eigenvalue weighted by Gasteiger charge is 2.27. The number of aromatic nitrogens is 2. The molecule has 1 fully saturated rings. The summed E-state index contributed by atoms with van der Waals surface area (Å²) in [5.41, 5.74) is 1.51. The Morgan fingerprint density at radius 1 is 1.19 bits per heavy atom. The lowest BCUT2D eigenvalue weighted by Crippen LogP contribution is -2.40. The first kappa shape index (κ1) is 22.4. The Bertz CT molecular complexity index is 1240. The van der Waals surface area contributed by atoms with Crippen molar-refractivity contribution in [3.63, 3.8) is 0 Å². The second kappa shape index (κ2) is 9.35. The van der Waals surface area contributed by atoms with Crippen molar-refractivity contribution in [2.45, 2.75) is 31.4 Å². The second-order valence-electron chi connectivity index (χ2n) is 7.37. The molecule has 0 N–H and O–H groups in total. The van der Waals surface area contributed by atoms with E-state index in [1.807, 2.05) is 11.5 Å². The Kier molecular flexibility index (Phi) is 6.54. The first-order valence-electron chi connectivity index (χ1n) is 10.4. The van der Waals surface area contributed by atoms with Gasteiger partial charge in [0.2, 0.25) is 10.0 Å². The van der Waals surface area contributed by atoms with Gasteiger partial charge in [-0.05, 0) is 36.8 Å². The lowest BCUT2D eigenvalue weighted by atomic mass is 10.1. The van der Waals surface area contributed by atoms with Gasteiger partial charge in [-0.25, -0.2) is 17.8 Å². The van der Waals surface area contributed by atoms with Crippen LogP contribution in [0.15, 0.2) is 47.4 Å². The number of rotatable bonds is 7. The van der Waals surface area contributed by atoms with Crippen molar-refractivity contribution in [3.05, 3.63) is 59.7 Å². The third-order valence-corrected chi connectivity index (χ3v) is 7.27. The minimum atomic E-state index is -3.65. The van der Waals surface area contributed by atoms with Crippen LogP contribution in [0.3, 0.4) is 0 Å². The summed E-state index contributed by atoms with van der Waals surface area (Å²) in [4.78, 5) is 16.9. The second-order valence-corrected chi connectivity index (χ2v) is 9.31. The molecule has 0 bridgehead atoms. The van der Waals surface area contributed by atoms with E-state index in [9.17, 15) is 17.6 Å². The van der Waals surface area contributed by atoms with Gasteiger partial charge in [0.05, 0.1) is 35.6 Å². The van der Waals surface area contributed by atoms with Gasteiger partial charge >= 0.3 is 5.97 Å². The number of carbonyl (C=O) groups is 1. The molecule has 1 aliphatic heterocycles. The summed E-state index contributed by atoms with van der Waals surface area (Å²) in [6.07, 6.45) is -0.180. The molecule has 2 heterocycles. The zero-order chi connectivity index (χ0) is 22.7. The number of hydrogen-bond acceptors (Lipinski definition) is 6. The molecule has 0 spiro atoms. The highest BCUT2D eigenvalue weighted by Crippen LogP contribution is 2.24. The average molecular weight is 462 g/mol. The van der Waals surface area contributed by atoms with E-state index in [1.165, 1.54) is 22.5 Å². The molecule has 170 valence electrons. The molecule has 10 heteroatoms. The SMILES string of the molecule is CCn1c(COC(=O)Cc2ccccc2F)nc2cc(S(=O)(=O)N3CCOCC3)ccc21. The maximum atomic E-state index is 13.8. The van der Waals surface area contributed by atoms with Gasteiger partial charge in [-0.3, -0.25) is 4.79 Å². The maximum Gasteiger partial charge on any atom is 0.310 e. The molecule has 0 saturated carbocycles. The number of halogens is 1. The van der Waals surface area contributed by atoms with Crippen molar-refractivity contribution >= 4 is 27.0 Å². The van der Waals surface area contributed by atoms with Crippen LogP contribution in [-0.2, 0) is 43.9 Å². The summed E-state index contributed by atoms with van der Waals surface area (Å²) >= 11 is 0. The van der Waals surface area contributed by atoms with Crippen molar-refractivity contribution in [2.75, 3.05) is 26.3 Å². The Morgan fingerprint density at radius 2 is 1.94 bits per heavy atom. The normalized spacial score (nSPS) is 15.2. The number of carbonyl (C=O) groups excluding carboxylic acids is 1. The van der Waals surface area contributed by atoms with E-state index in [0.29, 0.717) is 44.2 Å². The standard InChI is InChI=1S/C22H24FN3O5S/c1-2-26-20-8-7-17(32(28,29)25-9-11-30-12-10-25)14-19(20)24-21(26)15-31-22(27)13-16-5-3-4-6-18(16)23/h3-8,14H,2,9-13,15H2,1H3. The molecule has 0 radical (unpaired) electrons. The van der Waals surface area contributed by atoms with Crippen LogP contribution in [0.5, 0.6) is 0 Å². The van der Waals surface area contributed by atoms with Crippen molar-refractivity contribution in [1.82, 2.24) is 13.9 Å². The molecule has 2 aromatic carbocycles. The summed E-state index contributed by atoms with van der Waals surface area (Å²) < 4.78 is 53.5. The van der Waals surface area contributed by atoms with Gasteiger partial charge in [0.25, 0.3) is 0 Å². The van der Waals surface area contributed by atoms with Crippen LogP contribution in [0.25, 0.3) is 11.0 Å². The highest BCUT2D eigenvalue weighted by molar-refractivity contribution is 7.89. The lowest BCUT2D eigenvalue weighted by molar-refractivity contribution is -0.144. The molecule has 32 heavy (non-hydrogen) atoms. The van der Waals surface area contributed by atoms with Gasteiger partial charge in [0.1, 0.15) is 18.2 Å². The number of morpholine rings is 1. The summed E-state index contributed by atoms with van der Waals surface area (Å²) in [6, 6.07) is 10.9. The van der Waals surface area contributed by atoms with Crippen LogP contribution in [0.2, 0.25) is 0 Å². The zero-order valence-corrected chi connectivity index (χ0v) is 18.5. The van der Waals surface area contributed by atoms with Crippen LogP contribution in [0.1, 0.15) is 18.3 Å². The summed E-state index contributed by atoms with van der Waals surface area (Å²) in [7, 11) is -3.65. The van der Waals surface area contributed by atoms with E-state index in [-0.39, 0.29) is 23.5 Å². The topological polar surface area (TPSA) is 90.7 Å². The molecule has 1 aliphatic rings. The van der Waals surface area contributed by atoms with E-state index in [2.05, 4.69) is 4.98 Å². The first-order chi connectivity index (χ1) is 15.4. The Labute approximate surface area is 185 Å². The largest absolute Gasteiger partial charge is 0.457 e. The third-order valence-electron chi connectivity index (χ3n) is 5.38. The first-order valence-corrected chi connectivity index (χ1v) is 11.8. The maximum absolute atomic E-state index is 13.8.